The first kappa shape index (κ1) is 31.7. The molecule has 3 atom stereocenters. The maximum Gasteiger partial charge on any atom is 0.360 e. The molecule has 11 heteroatoms. The molecule has 2 rings (SSSR count). The Morgan fingerprint density at radius 2 is 1.68 bits per heavy atom. The summed E-state index contributed by atoms with van der Waals surface area (Å²) in [6.45, 7) is 13.8. The summed E-state index contributed by atoms with van der Waals surface area (Å²) in [5, 5.41) is 24.4. The molecular formula is C27H40N2O8P-. The number of aliphatic carboxylic acids is 1. The van der Waals surface area contributed by atoms with Crippen molar-refractivity contribution in [2.24, 2.45) is 0 Å². The molecule has 0 aromatic heterocycles. The number of nitrogens with zero attached hydrogens (tertiary/aromatic N) is 2. The van der Waals surface area contributed by atoms with E-state index in [2.05, 4.69) is 0 Å². The molecule has 0 saturated heterocycles. The summed E-state index contributed by atoms with van der Waals surface area (Å²) in [5.74, 6) is -2.62. The van der Waals surface area contributed by atoms with Gasteiger partial charge in [0.15, 0.2) is 0 Å². The second kappa shape index (κ2) is 14.0. The third-order valence-corrected chi connectivity index (χ3v) is 9.10. The van der Waals surface area contributed by atoms with Crippen LogP contribution in [0, 0.1) is 10.1 Å². The smallest absolute Gasteiger partial charge is 0.360 e. The van der Waals surface area contributed by atoms with Crippen LogP contribution in [0.1, 0.15) is 79.2 Å². The number of carbonyl (C=O) groups excluding carboxylic acids is 1. The molecule has 3 unspecified atom stereocenters. The van der Waals surface area contributed by atoms with Crippen molar-refractivity contribution in [1.82, 2.24) is 4.90 Å². The first-order valence-electron chi connectivity index (χ1n) is 13.1. The molecule has 0 radical (unpaired) electrons. The van der Waals surface area contributed by atoms with Crippen molar-refractivity contribution in [3.8, 4) is 0 Å². The highest BCUT2D eigenvalue weighted by molar-refractivity contribution is 7.58. The van der Waals surface area contributed by atoms with E-state index in [1.54, 1.807) is 38.7 Å². The lowest BCUT2D eigenvalue weighted by Gasteiger charge is -2.42. The largest absolute Gasteiger partial charge is 0.545 e. The molecule has 0 N–H and O–H groups in total. The van der Waals surface area contributed by atoms with E-state index in [1.807, 2.05) is 20.8 Å². The summed E-state index contributed by atoms with van der Waals surface area (Å²) in [5.41, 5.74) is 0.795. The molecule has 0 spiro atoms. The Bertz CT molecular complexity index is 1100. The van der Waals surface area contributed by atoms with Gasteiger partial charge in [0.25, 0.3) is 5.69 Å². The number of nitro benzene ring substituents is 1. The number of carbonyl (C=O) groups is 1. The zero-order chi connectivity index (χ0) is 28.6. The Morgan fingerprint density at radius 1 is 1.08 bits per heavy atom. The summed E-state index contributed by atoms with van der Waals surface area (Å²) < 4.78 is 32.6. The molecule has 0 saturated carbocycles. The van der Waals surface area contributed by atoms with Crippen LogP contribution in [0.4, 0.5) is 5.69 Å². The Morgan fingerprint density at radius 3 is 2.18 bits per heavy atom. The molecule has 0 amide bonds. The Labute approximate surface area is 225 Å². The number of benzene rings is 1. The van der Waals surface area contributed by atoms with Crippen LogP contribution in [0.3, 0.4) is 0 Å². The number of rotatable bonds is 15. The van der Waals surface area contributed by atoms with Gasteiger partial charge in [0.1, 0.15) is 0 Å². The van der Waals surface area contributed by atoms with Gasteiger partial charge in [-0.05, 0) is 52.5 Å². The molecule has 1 aromatic carbocycles. The number of hydrogen-bond donors (Lipinski definition) is 0. The average molecular weight is 552 g/mol. The molecule has 10 nitrogen and oxygen atoms in total. The highest BCUT2D eigenvalue weighted by atomic mass is 31.2. The van der Waals surface area contributed by atoms with Crippen LogP contribution >= 0.6 is 7.60 Å². The maximum absolute atomic E-state index is 14.8. The quantitative estimate of drug-likeness (QED) is 0.120. The molecule has 0 aliphatic carbocycles. The molecule has 1 aliphatic heterocycles. The molecule has 0 bridgehead atoms. The van der Waals surface area contributed by atoms with Crippen molar-refractivity contribution in [2.75, 3.05) is 19.8 Å². The fraction of sp³-hybridized carbons (Fsp3) is 0.593. The van der Waals surface area contributed by atoms with Crippen LogP contribution < -0.4 is 5.11 Å². The van der Waals surface area contributed by atoms with E-state index >= 15 is 0 Å². The summed E-state index contributed by atoms with van der Waals surface area (Å²) in [4.78, 5) is 25.4. The van der Waals surface area contributed by atoms with Crippen LogP contribution in [-0.2, 0) is 23.1 Å². The van der Waals surface area contributed by atoms with E-state index in [9.17, 15) is 24.6 Å². The van der Waals surface area contributed by atoms with Gasteiger partial charge in [-0.1, -0.05) is 32.9 Å². The van der Waals surface area contributed by atoms with Gasteiger partial charge >= 0.3 is 7.60 Å². The highest BCUT2D eigenvalue weighted by Gasteiger charge is 2.46. The van der Waals surface area contributed by atoms with Crippen molar-refractivity contribution in [1.29, 1.82) is 0 Å². The summed E-state index contributed by atoms with van der Waals surface area (Å²) in [6, 6.07) is 5.67. The lowest BCUT2D eigenvalue weighted by Crippen LogP contribution is -2.38. The Kier molecular flexibility index (Phi) is 11.7. The summed E-state index contributed by atoms with van der Waals surface area (Å²) >= 11 is 0. The first-order valence-corrected chi connectivity index (χ1v) is 14.7. The normalized spacial score (nSPS) is 19.3. The van der Waals surface area contributed by atoms with E-state index in [0.29, 0.717) is 44.0 Å². The van der Waals surface area contributed by atoms with Crippen molar-refractivity contribution < 1.29 is 33.2 Å². The van der Waals surface area contributed by atoms with Gasteiger partial charge in [0, 0.05) is 48.2 Å². The molecule has 1 heterocycles. The third kappa shape index (κ3) is 7.32. The van der Waals surface area contributed by atoms with Gasteiger partial charge in [-0.25, -0.2) is 0 Å². The predicted molar refractivity (Wildman–Crippen MR) is 143 cm³/mol. The van der Waals surface area contributed by atoms with Crippen LogP contribution in [0.15, 0.2) is 46.5 Å². The van der Waals surface area contributed by atoms with Crippen LogP contribution in [0.5, 0.6) is 0 Å². The topological polar surface area (TPSA) is 131 Å². The molecule has 38 heavy (non-hydrogen) atoms. The minimum absolute atomic E-state index is 0.138. The summed E-state index contributed by atoms with van der Waals surface area (Å²) in [7, 11) is -4.14. The molecule has 1 aliphatic rings. The summed E-state index contributed by atoms with van der Waals surface area (Å²) in [6.07, 6.45) is 0.984. The van der Waals surface area contributed by atoms with Gasteiger partial charge < -0.3 is 28.6 Å². The van der Waals surface area contributed by atoms with E-state index in [4.69, 9.17) is 13.8 Å². The SMILES string of the molecule is CCCOCCN1C(C)=C(C(=O)[O-])C(c2cccc([N+](=O)[O-])c2)C(P(=O)(OC(C)CC)OC(C)CC)=C1C. The second-order valence-electron chi connectivity index (χ2n) is 9.45. The molecule has 0 fully saturated rings. The number of allylic oxidation sites excluding steroid dienone is 3. The zero-order valence-electron chi connectivity index (χ0n) is 23.4. The van der Waals surface area contributed by atoms with Crippen molar-refractivity contribution in [3.63, 3.8) is 0 Å². The van der Waals surface area contributed by atoms with Crippen LogP contribution in [0.25, 0.3) is 0 Å². The molecule has 212 valence electrons. The number of hydrogen-bond acceptors (Lipinski definition) is 9. The minimum atomic E-state index is -4.14. The van der Waals surface area contributed by atoms with Crippen molar-refractivity contribution >= 4 is 19.3 Å². The van der Waals surface area contributed by atoms with Crippen LogP contribution in [0.2, 0.25) is 0 Å². The van der Waals surface area contributed by atoms with Gasteiger partial charge in [-0.15, -0.1) is 0 Å². The van der Waals surface area contributed by atoms with Gasteiger partial charge in [-0.3, -0.25) is 14.7 Å². The van der Waals surface area contributed by atoms with Crippen molar-refractivity contribution in [2.45, 2.75) is 85.9 Å². The molecular weight excluding hydrogens is 511 g/mol. The van der Waals surface area contributed by atoms with Gasteiger partial charge in [0.05, 0.1) is 35.0 Å². The van der Waals surface area contributed by atoms with E-state index in [1.165, 1.54) is 18.2 Å². The number of ether oxygens (including phenoxy) is 1. The van der Waals surface area contributed by atoms with Gasteiger partial charge in [-0.2, -0.15) is 0 Å². The third-order valence-electron chi connectivity index (χ3n) is 6.66. The average Bonchev–Trinajstić information content (AvgIpc) is 2.87. The van der Waals surface area contributed by atoms with Crippen LogP contribution in [-0.4, -0.2) is 47.8 Å². The Balaban J connectivity index is 2.88. The number of carboxylic acids is 1. The maximum atomic E-state index is 14.8. The molecule has 1 aromatic rings. The van der Waals surface area contributed by atoms with Crippen molar-refractivity contribution in [3.05, 3.63) is 62.2 Å². The van der Waals surface area contributed by atoms with Gasteiger partial charge in [0.2, 0.25) is 0 Å². The minimum Gasteiger partial charge on any atom is -0.545 e. The highest BCUT2D eigenvalue weighted by Crippen LogP contribution is 2.66. The van der Waals surface area contributed by atoms with E-state index in [0.717, 1.165) is 6.42 Å². The number of non-ortho nitro benzene ring substituents is 1. The first-order chi connectivity index (χ1) is 17.9. The van der Waals surface area contributed by atoms with E-state index in [-0.39, 0.29) is 22.1 Å². The fourth-order valence-electron chi connectivity index (χ4n) is 4.35. The zero-order valence-corrected chi connectivity index (χ0v) is 24.3. The lowest BCUT2D eigenvalue weighted by molar-refractivity contribution is -0.384. The standard InChI is InChI=1S/C27H41N2O8P/c1-8-15-35-16-14-28-20(6)24(27(30)31)25(22-12-11-13-23(17-22)29(32)33)26(21(28)7)38(34,36-18(4)9-2)37-19(5)10-3/h11-13,17-19,25H,8-10,14-16H2,1-7H3,(H,30,31)/p-1. The number of nitro groups is 1. The van der Waals surface area contributed by atoms with E-state index < -0.39 is 36.6 Å². The predicted octanol–water partition coefficient (Wildman–Crippen LogP) is 5.50. The monoisotopic (exact) mass is 551 g/mol. The second-order valence-corrected chi connectivity index (χ2v) is 11.4. The number of carboxylic acid groups (broad SMARTS) is 1. The Hall–Kier alpha value is -2.52. The fourth-order valence-corrected chi connectivity index (χ4v) is 6.99. The lowest BCUT2D eigenvalue weighted by atomic mass is 9.85.